The summed E-state index contributed by atoms with van der Waals surface area (Å²) in [4.78, 5) is 15.2. The number of halogens is 2. The quantitative estimate of drug-likeness (QED) is 0.648. The van der Waals surface area contributed by atoms with E-state index in [-0.39, 0.29) is 0 Å². The number of nitrogens with one attached hydrogen (secondary N) is 1. The monoisotopic (exact) mass is 413 g/mol. The van der Waals surface area contributed by atoms with Gasteiger partial charge in [0, 0.05) is 37.5 Å². The van der Waals surface area contributed by atoms with Crippen LogP contribution in [0.3, 0.4) is 0 Å². The first-order valence-corrected chi connectivity index (χ1v) is 9.21. The van der Waals surface area contributed by atoms with Crippen molar-refractivity contribution >= 4 is 5.91 Å². The zero-order chi connectivity index (χ0) is 21.5. The van der Waals surface area contributed by atoms with Gasteiger partial charge in [-0.05, 0) is 35.8 Å². The number of nitrogens with zero attached hydrogens (tertiary/aromatic N) is 1. The molecule has 1 aromatic heterocycles. The smallest absolute Gasteiger partial charge is 0.250 e. The van der Waals surface area contributed by atoms with Crippen LogP contribution in [-0.4, -0.2) is 24.5 Å². The van der Waals surface area contributed by atoms with E-state index in [0.717, 1.165) is 11.6 Å². The van der Waals surface area contributed by atoms with E-state index in [9.17, 15) is 13.6 Å². The number of nitrogens with two attached hydrogens (primary N) is 1. The number of hydrogen-bond acceptors (Lipinski definition) is 5. The van der Waals surface area contributed by atoms with Gasteiger partial charge in [0.05, 0.1) is 12.7 Å². The lowest BCUT2D eigenvalue weighted by Gasteiger charge is -2.17. The standard InChI is InChI=1S/C22H21F2N3O3/c1-29-20-10-14(12-26-9-8-15-3-5-17(23)11-18(15)24)2-6-19(20)30-21-7-4-16(13-27-21)22(25)28/h2-7,11-13,26H,8-10H2,1H3,(H2,25,28). The molecule has 3 N–H and O–H groups in total. The van der Waals surface area contributed by atoms with Crippen molar-refractivity contribution in [1.29, 1.82) is 0 Å². The molecule has 0 radical (unpaired) electrons. The molecule has 1 heterocycles. The Hall–Kier alpha value is -3.68. The minimum atomic E-state index is -0.588. The third kappa shape index (κ3) is 5.44. The second kappa shape index (κ2) is 9.69. The van der Waals surface area contributed by atoms with Crippen molar-refractivity contribution in [3.63, 3.8) is 0 Å². The van der Waals surface area contributed by atoms with E-state index in [4.69, 9.17) is 15.2 Å². The first-order valence-electron chi connectivity index (χ1n) is 9.21. The number of allylic oxidation sites excluding steroid dienone is 3. The molecule has 1 aliphatic carbocycles. The third-order valence-electron chi connectivity index (χ3n) is 4.41. The fraction of sp³-hybridized carbons (Fsp3) is 0.182. The molecule has 0 unspecified atom stereocenters. The largest absolute Gasteiger partial charge is 0.497 e. The van der Waals surface area contributed by atoms with Crippen LogP contribution in [0.15, 0.2) is 72.0 Å². The molecule has 0 aliphatic heterocycles. The molecule has 0 bridgehead atoms. The summed E-state index contributed by atoms with van der Waals surface area (Å²) < 4.78 is 37.8. The summed E-state index contributed by atoms with van der Waals surface area (Å²) in [7, 11) is 1.55. The maximum Gasteiger partial charge on any atom is 0.250 e. The number of benzene rings is 1. The predicted octanol–water partition coefficient (Wildman–Crippen LogP) is 3.37. The molecule has 1 aliphatic rings. The number of aromatic nitrogens is 1. The number of carbonyl (C=O) groups excluding carboxylic acids is 1. The maximum atomic E-state index is 13.7. The molecule has 0 spiro atoms. The fourth-order valence-electron chi connectivity index (χ4n) is 2.80. The van der Waals surface area contributed by atoms with E-state index in [0.29, 0.717) is 47.9 Å². The number of methoxy groups -OCH3 is 1. The number of rotatable bonds is 8. The topological polar surface area (TPSA) is 86.5 Å². The molecule has 2 aromatic rings. The predicted molar refractivity (Wildman–Crippen MR) is 107 cm³/mol. The Kier molecular flexibility index (Phi) is 6.79. The molecule has 3 rings (SSSR count). The van der Waals surface area contributed by atoms with Crippen LogP contribution in [0, 0.1) is 11.6 Å². The van der Waals surface area contributed by atoms with Crippen LogP contribution >= 0.6 is 0 Å². The number of pyridine rings is 1. The molecule has 8 heteroatoms. The van der Waals surface area contributed by atoms with Crippen LogP contribution < -0.4 is 15.8 Å². The van der Waals surface area contributed by atoms with Crippen molar-refractivity contribution in [2.75, 3.05) is 13.7 Å². The van der Waals surface area contributed by atoms with E-state index in [2.05, 4.69) is 10.3 Å². The van der Waals surface area contributed by atoms with Gasteiger partial charge in [0.2, 0.25) is 11.8 Å². The summed E-state index contributed by atoms with van der Waals surface area (Å²) in [5.74, 6) is -0.285. The van der Waals surface area contributed by atoms with Gasteiger partial charge in [0.25, 0.3) is 0 Å². The van der Waals surface area contributed by atoms with E-state index < -0.39 is 17.5 Å². The van der Waals surface area contributed by atoms with Crippen molar-refractivity contribution in [2.45, 2.75) is 12.8 Å². The summed E-state index contributed by atoms with van der Waals surface area (Å²) in [6.07, 6.45) is 7.68. The van der Waals surface area contributed by atoms with E-state index in [1.165, 1.54) is 24.4 Å². The first-order chi connectivity index (χ1) is 14.5. The maximum absolute atomic E-state index is 13.7. The number of amides is 1. The van der Waals surface area contributed by atoms with Gasteiger partial charge < -0.3 is 20.5 Å². The molecule has 156 valence electrons. The molecule has 1 amide bonds. The Morgan fingerprint density at radius 1 is 1.27 bits per heavy atom. The lowest BCUT2D eigenvalue weighted by atomic mass is 10.1. The summed E-state index contributed by atoms with van der Waals surface area (Å²) in [6, 6.07) is 6.65. The summed E-state index contributed by atoms with van der Waals surface area (Å²) in [5, 5.41) is 3.12. The zero-order valence-corrected chi connectivity index (χ0v) is 16.3. The van der Waals surface area contributed by atoms with Crippen LogP contribution in [-0.2, 0) is 11.2 Å². The number of carbonyl (C=O) groups is 1. The minimum absolute atomic E-state index is 0.291. The average Bonchev–Trinajstić information content (AvgIpc) is 2.73. The normalized spacial score (nSPS) is 14.7. The van der Waals surface area contributed by atoms with E-state index in [1.54, 1.807) is 19.3 Å². The van der Waals surface area contributed by atoms with Crippen molar-refractivity contribution in [3.05, 3.63) is 94.7 Å². The highest BCUT2D eigenvalue weighted by atomic mass is 19.1. The van der Waals surface area contributed by atoms with Crippen LogP contribution in [0.4, 0.5) is 8.78 Å². The molecule has 0 saturated carbocycles. The van der Waals surface area contributed by atoms with Crippen molar-refractivity contribution in [1.82, 2.24) is 10.3 Å². The summed E-state index contributed by atoms with van der Waals surface area (Å²) >= 11 is 0. The average molecular weight is 413 g/mol. The molecule has 0 atom stereocenters. The number of primary amides is 1. The van der Waals surface area contributed by atoms with Gasteiger partial charge in [-0.3, -0.25) is 4.79 Å². The van der Waals surface area contributed by atoms with Crippen LogP contribution in [0.2, 0.25) is 0 Å². The number of ether oxygens (including phenoxy) is 2. The SMILES string of the molecule is COC1=C(Oc2ccc(C(N)=O)cn2)C=CC(=CNCCc2ccc(F)cc2F)C1. The van der Waals surface area contributed by atoms with Gasteiger partial charge in [-0.25, -0.2) is 13.8 Å². The van der Waals surface area contributed by atoms with Gasteiger partial charge in [-0.1, -0.05) is 12.1 Å². The molecule has 0 fully saturated rings. The van der Waals surface area contributed by atoms with Gasteiger partial charge in [0.1, 0.15) is 17.4 Å². The molecular formula is C22H21F2N3O3. The van der Waals surface area contributed by atoms with Crippen LogP contribution in [0.5, 0.6) is 5.88 Å². The first kappa shape index (κ1) is 21.0. The van der Waals surface area contributed by atoms with E-state index in [1.807, 2.05) is 12.3 Å². The highest BCUT2D eigenvalue weighted by Gasteiger charge is 2.15. The molecule has 6 nitrogen and oxygen atoms in total. The van der Waals surface area contributed by atoms with Crippen LogP contribution in [0.1, 0.15) is 22.3 Å². The minimum Gasteiger partial charge on any atom is -0.497 e. The molecular weight excluding hydrogens is 392 g/mol. The van der Waals surface area contributed by atoms with Crippen molar-refractivity contribution in [3.8, 4) is 5.88 Å². The van der Waals surface area contributed by atoms with Gasteiger partial charge in [0.15, 0.2) is 5.76 Å². The Morgan fingerprint density at radius 2 is 2.10 bits per heavy atom. The fourth-order valence-corrected chi connectivity index (χ4v) is 2.80. The lowest BCUT2D eigenvalue weighted by Crippen LogP contribution is -2.13. The highest BCUT2D eigenvalue weighted by Crippen LogP contribution is 2.25. The molecule has 1 aromatic carbocycles. The van der Waals surface area contributed by atoms with Gasteiger partial charge in [-0.2, -0.15) is 0 Å². The second-order valence-corrected chi connectivity index (χ2v) is 6.51. The molecule has 30 heavy (non-hydrogen) atoms. The van der Waals surface area contributed by atoms with Crippen LogP contribution in [0.25, 0.3) is 0 Å². The Morgan fingerprint density at radius 3 is 2.77 bits per heavy atom. The Balaban J connectivity index is 1.57. The summed E-state index contributed by atoms with van der Waals surface area (Å²) in [5.41, 5.74) is 6.88. The number of hydrogen-bond donors (Lipinski definition) is 2. The van der Waals surface area contributed by atoms with E-state index >= 15 is 0 Å². The third-order valence-corrected chi connectivity index (χ3v) is 4.41. The van der Waals surface area contributed by atoms with Crippen molar-refractivity contribution in [2.24, 2.45) is 5.73 Å². The second-order valence-electron chi connectivity index (χ2n) is 6.51. The lowest BCUT2D eigenvalue weighted by molar-refractivity contribution is 0.1000. The molecule has 0 saturated heterocycles. The Labute approximate surface area is 172 Å². The Bertz CT molecular complexity index is 1010. The van der Waals surface area contributed by atoms with Crippen molar-refractivity contribution < 1.29 is 23.0 Å². The van der Waals surface area contributed by atoms with Gasteiger partial charge >= 0.3 is 0 Å². The summed E-state index contributed by atoms with van der Waals surface area (Å²) in [6.45, 7) is 0.491. The highest BCUT2D eigenvalue weighted by molar-refractivity contribution is 5.92. The zero-order valence-electron chi connectivity index (χ0n) is 16.3. The van der Waals surface area contributed by atoms with Gasteiger partial charge in [-0.15, -0.1) is 0 Å².